The van der Waals surface area contributed by atoms with Crippen LogP contribution in [-0.2, 0) is 16.2 Å². The van der Waals surface area contributed by atoms with Crippen molar-refractivity contribution in [2.24, 2.45) is 16.3 Å². The Morgan fingerprint density at radius 1 is 0.778 bits per heavy atom. The van der Waals surface area contributed by atoms with Gasteiger partial charge < -0.3 is 4.90 Å². The zero-order chi connectivity index (χ0) is 26.4. The molecular weight excluding hydrogens is 438 g/mol. The summed E-state index contributed by atoms with van der Waals surface area (Å²) in [5, 5.41) is 8.62. The average Bonchev–Trinajstić information content (AvgIpc) is 3.44. The number of benzene rings is 2. The maximum absolute atomic E-state index is 8.62. The van der Waals surface area contributed by atoms with E-state index in [2.05, 4.69) is 104 Å². The van der Waals surface area contributed by atoms with Gasteiger partial charge in [-0.15, -0.1) is 0 Å². The fourth-order valence-electron chi connectivity index (χ4n) is 7.07. The summed E-state index contributed by atoms with van der Waals surface area (Å²) in [7, 11) is 0. The van der Waals surface area contributed by atoms with Gasteiger partial charge in [0.05, 0.1) is 5.71 Å². The van der Waals surface area contributed by atoms with Gasteiger partial charge in [0.25, 0.3) is 0 Å². The van der Waals surface area contributed by atoms with Crippen LogP contribution >= 0.6 is 0 Å². The molecule has 0 spiro atoms. The van der Waals surface area contributed by atoms with Gasteiger partial charge in [-0.2, -0.15) is 0 Å². The maximum Gasteiger partial charge on any atom is 0.218 e. The Hall–Kier alpha value is -2.42. The summed E-state index contributed by atoms with van der Waals surface area (Å²) in [5.41, 5.74) is 11.1. The van der Waals surface area contributed by atoms with Gasteiger partial charge in [-0.1, -0.05) is 87.4 Å². The van der Waals surface area contributed by atoms with Crippen LogP contribution in [0.5, 0.6) is 0 Å². The van der Waals surface area contributed by atoms with Crippen LogP contribution in [0.25, 0.3) is 11.1 Å². The molecule has 5 rings (SSSR count). The fraction of sp³-hybridized carbons (Fsp3) is 0.576. The van der Waals surface area contributed by atoms with Gasteiger partial charge in [0.2, 0.25) is 5.96 Å². The van der Waals surface area contributed by atoms with E-state index in [1.165, 1.54) is 33.4 Å². The van der Waals surface area contributed by atoms with E-state index in [1.54, 1.807) is 0 Å². The molecule has 1 N–H and O–H groups in total. The average molecular weight is 484 g/mol. The maximum atomic E-state index is 8.62. The van der Waals surface area contributed by atoms with Gasteiger partial charge in [-0.25, -0.2) is 4.99 Å². The third kappa shape index (κ3) is 3.23. The summed E-state index contributed by atoms with van der Waals surface area (Å²) in [5.74, 6) is 0.674. The molecule has 1 saturated heterocycles. The van der Waals surface area contributed by atoms with Gasteiger partial charge >= 0.3 is 0 Å². The third-order valence-electron chi connectivity index (χ3n) is 10.8. The van der Waals surface area contributed by atoms with Crippen molar-refractivity contribution in [2.45, 2.75) is 98.3 Å². The first kappa shape index (κ1) is 25.2. The number of hydrogen-bond acceptors (Lipinski definition) is 1. The van der Waals surface area contributed by atoms with Gasteiger partial charge in [0.1, 0.15) is 0 Å². The van der Waals surface area contributed by atoms with E-state index in [4.69, 9.17) is 10.4 Å². The number of likely N-dealkylation sites (tertiary alicyclic amines) is 1. The second-order valence-corrected chi connectivity index (χ2v) is 13.9. The summed E-state index contributed by atoms with van der Waals surface area (Å²) >= 11 is 0. The predicted molar refractivity (Wildman–Crippen MR) is 154 cm³/mol. The first-order valence-electron chi connectivity index (χ1n) is 13.9. The largest absolute Gasteiger partial charge is 0.341 e. The minimum atomic E-state index is -0.0762. The first-order valence-corrected chi connectivity index (χ1v) is 13.9. The molecule has 3 aliphatic rings. The Kier molecular flexibility index (Phi) is 5.46. The van der Waals surface area contributed by atoms with Crippen LogP contribution in [-0.4, -0.2) is 29.7 Å². The number of nitrogens with one attached hydrogen (secondary N) is 1. The normalized spacial score (nSPS) is 22.5. The van der Waals surface area contributed by atoms with Crippen molar-refractivity contribution in [3.05, 3.63) is 58.1 Å². The lowest BCUT2D eigenvalue weighted by atomic mass is 9.59. The van der Waals surface area contributed by atoms with Crippen molar-refractivity contribution < 1.29 is 0 Å². The number of hydrogen-bond donors (Lipinski definition) is 1. The topological polar surface area (TPSA) is 39.5 Å². The van der Waals surface area contributed by atoms with Crippen molar-refractivity contribution in [1.82, 2.24) is 4.90 Å². The minimum Gasteiger partial charge on any atom is -0.341 e. The molecule has 0 unspecified atom stereocenters. The lowest BCUT2D eigenvalue weighted by molar-refractivity contribution is 0.125. The highest BCUT2D eigenvalue weighted by atomic mass is 15.3. The third-order valence-corrected chi connectivity index (χ3v) is 10.8. The van der Waals surface area contributed by atoms with E-state index >= 15 is 0 Å². The van der Waals surface area contributed by atoms with Crippen LogP contribution in [0.4, 0.5) is 0 Å². The summed E-state index contributed by atoms with van der Waals surface area (Å²) in [6, 6.07) is 12.0. The second kappa shape index (κ2) is 7.79. The molecular formula is C33H45N3. The molecule has 0 amide bonds. The number of guanidine groups is 1. The summed E-state index contributed by atoms with van der Waals surface area (Å²) in [6.07, 6.45) is 2.32. The van der Waals surface area contributed by atoms with Gasteiger partial charge in [0, 0.05) is 18.5 Å². The van der Waals surface area contributed by atoms with Crippen LogP contribution in [0.15, 0.2) is 35.3 Å². The van der Waals surface area contributed by atoms with E-state index in [1.807, 2.05) is 0 Å². The Balaban J connectivity index is 1.63. The molecule has 0 saturated carbocycles. The molecule has 1 aliphatic heterocycles. The van der Waals surface area contributed by atoms with Crippen molar-refractivity contribution >= 4 is 11.7 Å². The molecule has 1 heterocycles. The Morgan fingerprint density at radius 2 is 1.33 bits per heavy atom. The molecule has 192 valence electrons. The van der Waals surface area contributed by atoms with Gasteiger partial charge in [0.15, 0.2) is 0 Å². The monoisotopic (exact) mass is 483 g/mol. The molecule has 2 aromatic carbocycles. The standard InChI is InChI=1S/C33H45N3/c1-20(2)28(35-29(34)36-15-11-12-16-36)21-13-14-22-23-18-26-27(19-25(23)30(3,4)24(22)17-21)32(7,8)33(9,10)31(26,5)6/h13-14,17-20,34H,11-12,15-16H2,1-10H3/b34-29?,35-28+. The van der Waals surface area contributed by atoms with E-state index in [0.29, 0.717) is 5.96 Å². The zero-order valence-corrected chi connectivity index (χ0v) is 24.2. The number of fused-ring (bicyclic) bond motifs is 4. The lowest BCUT2D eigenvalue weighted by Crippen LogP contribution is -2.42. The molecule has 2 aliphatic carbocycles. The molecule has 3 nitrogen and oxygen atoms in total. The van der Waals surface area contributed by atoms with Crippen LogP contribution < -0.4 is 0 Å². The van der Waals surface area contributed by atoms with Crippen LogP contribution in [0.1, 0.15) is 110 Å². The molecule has 0 aromatic heterocycles. The highest BCUT2D eigenvalue weighted by molar-refractivity contribution is 6.08. The predicted octanol–water partition coefficient (Wildman–Crippen LogP) is 8.06. The molecule has 2 aromatic rings. The van der Waals surface area contributed by atoms with Crippen molar-refractivity contribution in [3.63, 3.8) is 0 Å². The van der Waals surface area contributed by atoms with Crippen LogP contribution in [0, 0.1) is 16.7 Å². The molecule has 0 atom stereocenters. The molecule has 0 bridgehead atoms. The molecule has 3 heteroatoms. The second-order valence-electron chi connectivity index (χ2n) is 13.9. The Labute approximate surface area is 218 Å². The highest BCUT2D eigenvalue weighted by Crippen LogP contribution is 2.63. The highest BCUT2D eigenvalue weighted by Gasteiger charge is 2.57. The SMILES string of the molecule is CC(C)/C(=N\C(=N)N1CCCC1)c1ccc2c(c1)C(C)(C)c1cc3c(cc1-2)C(C)(C)C(C)(C)C3(C)C. The number of aliphatic imine (C=N–C) groups is 1. The van der Waals surface area contributed by atoms with Crippen molar-refractivity contribution in [3.8, 4) is 11.1 Å². The Bertz CT molecular complexity index is 1280. The summed E-state index contributed by atoms with van der Waals surface area (Å²) in [6.45, 7) is 25.7. The summed E-state index contributed by atoms with van der Waals surface area (Å²) < 4.78 is 0. The van der Waals surface area contributed by atoms with Crippen LogP contribution in [0.3, 0.4) is 0 Å². The van der Waals surface area contributed by atoms with Gasteiger partial charge in [-0.05, 0) is 86.1 Å². The van der Waals surface area contributed by atoms with Crippen molar-refractivity contribution in [1.29, 1.82) is 5.41 Å². The zero-order valence-electron chi connectivity index (χ0n) is 24.2. The van der Waals surface area contributed by atoms with Crippen LogP contribution in [0.2, 0.25) is 0 Å². The van der Waals surface area contributed by atoms with E-state index in [9.17, 15) is 0 Å². The van der Waals surface area contributed by atoms with E-state index in [-0.39, 0.29) is 27.6 Å². The van der Waals surface area contributed by atoms with E-state index in [0.717, 1.165) is 37.2 Å². The molecule has 1 fully saturated rings. The number of nitrogens with zero attached hydrogens (tertiary/aromatic N) is 2. The Morgan fingerprint density at radius 3 is 1.92 bits per heavy atom. The van der Waals surface area contributed by atoms with E-state index < -0.39 is 0 Å². The fourth-order valence-corrected chi connectivity index (χ4v) is 7.07. The number of rotatable bonds is 2. The molecule has 36 heavy (non-hydrogen) atoms. The van der Waals surface area contributed by atoms with Crippen molar-refractivity contribution in [2.75, 3.05) is 13.1 Å². The smallest absolute Gasteiger partial charge is 0.218 e. The quantitative estimate of drug-likeness (QED) is 0.340. The van der Waals surface area contributed by atoms with Gasteiger partial charge in [-0.3, -0.25) is 5.41 Å². The first-order chi connectivity index (χ1) is 16.6. The molecule has 0 radical (unpaired) electrons. The minimum absolute atomic E-state index is 0.0762. The lowest BCUT2D eigenvalue weighted by Gasteiger charge is -2.44. The summed E-state index contributed by atoms with van der Waals surface area (Å²) in [4.78, 5) is 6.99.